The van der Waals surface area contributed by atoms with Crippen LogP contribution >= 0.6 is 27.5 Å². The van der Waals surface area contributed by atoms with Crippen LogP contribution in [0.4, 0.5) is 17.2 Å². The first-order valence-corrected chi connectivity index (χ1v) is 6.18. The summed E-state index contributed by atoms with van der Waals surface area (Å²) in [6.45, 7) is 1.92. The quantitative estimate of drug-likeness (QED) is 0.876. The Morgan fingerprint density at radius 2 is 2.18 bits per heavy atom. The maximum Gasteiger partial charge on any atom is 0.132 e. The molecule has 3 N–H and O–H groups in total. The van der Waals surface area contributed by atoms with E-state index in [4.69, 9.17) is 17.3 Å². The predicted molar refractivity (Wildman–Crippen MR) is 75.8 cm³/mol. The fourth-order valence-corrected chi connectivity index (χ4v) is 1.88. The van der Waals surface area contributed by atoms with Crippen molar-refractivity contribution < 1.29 is 0 Å². The Balaban J connectivity index is 2.31. The lowest BCUT2D eigenvalue weighted by Crippen LogP contribution is -1.98. The third-order valence-electron chi connectivity index (χ3n) is 2.36. The minimum absolute atomic E-state index is 0.648. The lowest BCUT2D eigenvalue weighted by Gasteiger charge is -2.10. The number of nitrogens with two attached hydrogens (primary N) is 1. The highest BCUT2D eigenvalue weighted by atomic mass is 79.9. The maximum atomic E-state index is 6.00. The molecular formula is C12H11BrClN3. The minimum atomic E-state index is 0.648. The van der Waals surface area contributed by atoms with E-state index >= 15 is 0 Å². The van der Waals surface area contributed by atoms with E-state index in [2.05, 4.69) is 26.2 Å². The third-order valence-corrected chi connectivity index (χ3v) is 3.76. The topological polar surface area (TPSA) is 50.9 Å². The number of nitrogen functional groups attached to an aromatic ring is 1. The number of nitrogens with zero attached hydrogens (tertiary/aromatic N) is 1. The number of pyridine rings is 1. The molecule has 0 radical (unpaired) electrons. The molecule has 0 atom stereocenters. The van der Waals surface area contributed by atoms with Crippen molar-refractivity contribution in [2.45, 2.75) is 6.92 Å². The summed E-state index contributed by atoms with van der Waals surface area (Å²) in [5.74, 6) is 0.691. The van der Waals surface area contributed by atoms with Gasteiger partial charge >= 0.3 is 0 Å². The normalized spacial score (nSPS) is 10.3. The van der Waals surface area contributed by atoms with Crippen molar-refractivity contribution >= 4 is 44.7 Å². The number of hydrogen-bond donors (Lipinski definition) is 2. The molecule has 0 saturated carbocycles. The van der Waals surface area contributed by atoms with Gasteiger partial charge in [-0.15, -0.1) is 0 Å². The first-order chi connectivity index (χ1) is 8.08. The van der Waals surface area contributed by atoms with E-state index in [9.17, 15) is 0 Å². The van der Waals surface area contributed by atoms with Crippen molar-refractivity contribution in [1.82, 2.24) is 4.98 Å². The number of aryl methyl sites for hydroxylation is 1. The highest BCUT2D eigenvalue weighted by molar-refractivity contribution is 9.10. The average Bonchev–Trinajstić information content (AvgIpc) is 2.30. The largest absolute Gasteiger partial charge is 0.398 e. The van der Waals surface area contributed by atoms with Crippen molar-refractivity contribution in [2.75, 3.05) is 11.1 Å². The fourth-order valence-electron chi connectivity index (χ4n) is 1.35. The summed E-state index contributed by atoms with van der Waals surface area (Å²) in [4.78, 5) is 4.25. The number of anilines is 3. The molecule has 2 rings (SSSR count). The van der Waals surface area contributed by atoms with Crippen molar-refractivity contribution in [3.05, 3.63) is 45.5 Å². The van der Waals surface area contributed by atoms with Crippen LogP contribution < -0.4 is 11.1 Å². The van der Waals surface area contributed by atoms with Crippen LogP contribution in [-0.4, -0.2) is 4.98 Å². The minimum Gasteiger partial charge on any atom is -0.398 e. The van der Waals surface area contributed by atoms with E-state index < -0.39 is 0 Å². The molecule has 0 saturated heterocycles. The maximum absolute atomic E-state index is 6.00. The van der Waals surface area contributed by atoms with Crippen LogP contribution in [0.5, 0.6) is 0 Å². The van der Waals surface area contributed by atoms with Gasteiger partial charge in [-0.25, -0.2) is 4.98 Å². The second kappa shape index (κ2) is 4.94. The molecule has 0 unspecified atom stereocenters. The Morgan fingerprint density at radius 3 is 2.88 bits per heavy atom. The zero-order valence-corrected chi connectivity index (χ0v) is 11.5. The summed E-state index contributed by atoms with van der Waals surface area (Å²) >= 11 is 9.42. The second-order valence-electron chi connectivity index (χ2n) is 3.65. The van der Waals surface area contributed by atoms with Gasteiger partial charge in [0.25, 0.3) is 0 Å². The Labute approximate surface area is 113 Å². The van der Waals surface area contributed by atoms with Crippen molar-refractivity contribution in [3.8, 4) is 0 Å². The van der Waals surface area contributed by atoms with Crippen molar-refractivity contribution in [3.63, 3.8) is 0 Å². The molecule has 88 valence electrons. The van der Waals surface area contributed by atoms with Crippen molar-refractivity contribution in [2.24, 2.45) is 0 Å². The molecular weight excluding hydrogens is 302 g/mol. The molecule has 0 amide bonds. The van der Waals surface area contributed by atoms with Crippen molar-refractivity contribution in [1.29, 1.82) is 0 Å². The van der Waals surface area contributed by atoms with E-state index in [1.54, 1.807) is 12.3 Å². The number of halogens is 2. The highest BCUT2D eigenvalue weighted by Crippen LogP contribution is 2.32. The first kappa shape index (κ1) is 12.2. The van der Waals surface area contributed by atoms with Gasteiger partial charge in [0.05, 0.1) is 15.2 Å². The predicted octanol–water partition coefficient (Wildman–Crippen LogP) is 4.13. The number of rotatable bonds is 2. The monoisotopic (exact) mass is 311 g/mol. The van der Waals surface area contributed by atoms with Gasteiger partial charge in [-0.2, -0.15) is 0 Å². The molecule has 0 aliphatic carbocycles. The molecule has 0 bridgehead atoms. The van der Waals surface area contributed by atoms with Crippen LogP contribution in [-0.2, 0) is 0 Å². The van der Waals surface area contributed by atoms with E-state index in [-0.39, 0.29) is 0 Å². The van der Waals surface area contributed by atoms with E-state index in [1.807, 2.05) is 25.1 Å². The SMILES string of the molecule is Cc1cnc(Nc2cccc(Cl)c2Br)cc1N. The fraction of sp³-hybridized carbons (Fsp3) is 0.0833. The summed E-state index contributed by atoms with van der Waals surface area (Å²) in [5.41, 5.74) is 8.35. The summed E-state index contributed by atoms with van der Waals surface area (Å²) in [7, 11) is 0. The molecule has 5 heteroatoms. The molecule has 0 spiro atoms. The Morgan fingerprint density at radius 1 is 1.41 bits per heavy atom. The second-order valence-corrected chi connectivity index (χ2v) is 4.85. The van der Waals surface area contributed by atoms with Gasteiger partial charge in [0.1, 0.15) is 5.82 Å². The average molecular weight is 313 g/mol. The zero-order valence-electron chi connectivity index (χ0n) is 9.17. The Kier molecular flexibility index (Phi) is 3.54. The standard InChI is InChI=1S/C12H11BrClN3/c1-7-6-16-11(5-9(7)15)17-10-4-2-3-8(14)12(10)13/h2-6H,1H3,(H3,15,16,17). The van der Waals surface area contributed by atoms with E-state index in [0.29, 0.717) is 16.5 Å². The van der Waals surface area contributed by atoms with Gasteiger partial charge in [0.2, 0.25) is 0 Å². The van der Waals surface area contributed by atoms with Gasteiger partial charge in [-0.05, 0) is 40.5 Å². The van der Waals surface area contributed by atoms with Crippen LogP contribution in [0.3, 0.4) is 0 Å². The van der Waals surface area contributed by atoms with Crippen LogP contribution in [0.1, 0.15) is 5.56 Å². The van der Waals surface area contributed by atoms with Crippen LogP contribution in [0.15, 0.2) is 34.9 Å². The van der Waals surface area contributed by atoms with Gasteiger partial charge < -0.3 is 11.1 Å². The molecule has 0 aliphatic rings. The molecule has 2 aromatic rings. The summed E-state index contributed by atoms with van der Waals surface area (Å²) < 4.78 is 0.808. The highest BCUT2D eigenvalue weighted by Gasteiger charge is 2.05. The lowest BCUT2D eigenvalue weighted by molar-refractivity contribution is 1.26. The molecule has 0 fully saturated rings. The lowest BCUT2D eigenvalue weighted by atomic mass is 10.2. The van der Waals surface area contributed by atoms with Gasteiger partial charge in [0, 0.05) is 18.0 Å². The third kappa shape index (κ3) is 2.70. The number of aromatic nitrogens is 1. The van der Waals surface area contributed by atoms with Gasteiger partial charge in [-0.3, -0.25) is 0 Å². The van der Waals surface area contributed by atoms with Gasteiger partial charge in [-0.1, -0.05) is 17.7 Å². The summed E-state index contributed by atoms with van der Waals surface area (Å²) in [6, 6.07) is 7.39. The number of benzene rings is 1. The van der Waals surface area contributed by atoms with Crippen LogP contribution in [0.25, 0.3) is 0 Å². The number of nitrogens with one attached hydrogen (secondary N) is 1. The van der Waals surface area contributed by atoms with Crippen LogP contribution in [0, 0.1) is 6.92 Å². The molecule has 1 aromatic carbocycles. The molecule has 3 nitrogen and oxygen atoms in total. The smallest absolute Gasteiger partial charge is 0.132 e. The first-order valence-electron chi connectivity index (χ1n) is 5.01. The Hall–Kier alpha value is -1.26. The number of hydrogen-bond acceptors (Lipinski definition) is 3. The van der Waals surface area contributed by atoms with E-state index in [1.165, 1.54) is 0 Å². The van der Waals surface area contributed by atoms with Crippen LogP contribution in [0.2, 0.25) is 5.02 Å². The molecule has 0 aliphatic heterocycles. The zero-order chi connectivity index (χ0) is 12.4. The summed E-state index contributed by atoms with van der Waals surface area (Å²) in [5, 5.41) is 3.81. The molecule has 1 heterocycles. The van der Waals surface area contributed by atoms with E-state index in [0.717, 1.165) is 15.7 Å². The van der Waals surface area contributed by atoms with Gasteiger partial charge in [0.15, 0.2) is 0 Å². The Bertz CT molecular complexity index is 557. The molecule has 1 aromatic heterocycles. The summed E-state index contributed by atoms with van der Waals surface area (Å²) in [6.07, 6.45) is 1.73. The molecule has 17 heavy (non-hydrogen) atoms.